The van der Waals surface area contributed by atoms with E-state index in [9.17, 15) is 21.6 Å². The van der Waals surface area contributed by atoms with Gasteiger partial charge in [0.15, 0.2) is 0 Å². The Morgan fingerprint density at radius 2 is 1.25 bits per heavy atom. The molecule has 0 bridgehead atoms. The van der Waals surface area contributed by atoms with Crippen LogP contribution in [0.3, 0.4) is 0 Å². The Labute approximate surface area is 367 Å². The van der Waals surface area contributed by atoms with E-state index in [0.29, 0.717) is 24.5 Å². The number of ether oxygens (including phenoxy) is 1. The van der Waals surface area contributed by atoms with Gasteiger partial charge in [-0.3, -0.25) is 9.52 Å². The molecule has 0 aromatic heterocycles. The molecule has 0 atom stereocenters. The molecule has 0 aliphatic rings. The first kappa shape index (κ1) is 49.3. The van der Waals surface area contributed by atoms with Gasteiger partial charge in [-0.05, 0) is 108 Å². The fourth-order valence-electron chi connectivity index (χ4n) is 7.14. The lowest BCUT2D eigenvalue weighted by Crippen LogP contribution is -2.28. The fourth-order valence-corrected chi connectivity index (χ4v) is 10.1. The Bertz CT molecular complexity index is 2230. The summed E-state index contributed by atoms with van der Waals surface area (Å²) in [5.74, 6) is 0.292. The monoisotopic (exact) mass is 874 g/mol. The van der Waals surface area contributed by atoms with Gasteiger partial charge in [0, 0.05) is 24.8 Å². The van der Waals surface area contributed by atoms with Crippen molar-refractivity contribution in [1.29, 1.82) is 0 Å². The van der Waals surface area contributed by atoms with Crippen LogP contribution in [0.1, 0.15) is 164 Å². The topological polar surface area (TPSA) is 134 Å². The van der Waals surface area contributed by atoms with E-state index in [-0.39, 0.29) is 38.8 Å². The van der Waals surface area contributed by atoms with Crippen molar-refractivity contribution in [2.75, 3.05) is 35.6 Å². The normalized spacial score (nSPS) is 12.1. The van der Waals surface area contributed by atoms with Crippen LogP contribution >= 0.6 is 0 Å². The Kier molecular flexibility index (Phi) is 18.7. The smallest absolute Gasteiger partial charge is 0.262 e. The van der Waals surface area contributed by atoms with Crippen molar-refractivity contribution in [2.45, 2.75) is 147 Å². The number of amides is 1. The van der Waals surface area contributed by atoms with E-state index in [0.717, 1.165) is 79.5 Å². The fraction of sp³-hybridized carbons (Fsp3) is 0.490. The average molecular weight is 875 g/mol. The van der Waals surface area contributed by atoms with Crippen molar-refractivity contribution in [3.63, 3.8) is 0 Å². The molecule has 0 radical (unpaired) electrons. The average Bonchev–Trinajstić information content (AvgIpc) is 3.22. The van der Waals surface area contributed by atoms with Crippen LogP contribution in [0.4, 0.5) is 22.7 Å². The summed E-state index contributed by atoms with van der Waals surface area (Å²) >= 11 is 0. The minimum absolute atomic E-state index is 0.0200. The summed E-state index contributed by atoms with van der Waals surface area (Å²) in [7, 11) is -6.39. The second kappa shape index (κ2) is 23.2. The second-order valence-electron chi connectivity index (χ2n) is 17.0. The molecule has 0 unspecified atom stereocenters. The Balaban J connectivity index is 1.67. The largest absolute Gasteiger partial charge is 0.494 e. The number of hydrogen-bond donors (Lipinski definition) is 3. The van der Waals surface area contributed by atoms with Crippen LogP contribution in [0.15, 0.2) is 88.7 Å². The molecular formula is C49H70N4O6S2. The van der Waals surface area contributed by atoms with Gasteiger partial charge in [0.1, 0.15) is 5.75 Å². The van der Waals surface area contributed by atoms with E-state index in [1.165, 1.54) is 29.3 Å². The molecular weight excluding hydrogens is 805 g/mol. The summed E-state index contributed by atoms with van der Waals surface area (Å²) in [4.78, 5) is 14.3. The molecule has 3 N–H and O–H groups in total. The first-order valence-corrected chi connectivity index (χ1v) is 25.1. The summed E-state index contributed by atoms with van der Waals surface area (Å²) in [5, 5.41) is 6.31. The molecule has 0 fully saturated rings. The zero-order valence-corrected chi connectivity index (χ0v) is 39.6. The van der Waals surface area contributed by atoms with Crippen molar-refractivity contribution in [3.05, 3.63) is 101 Å². The lowest BCUT2D eigenvalue weighted by molar-refractivity contribution is 0.102. The predicted octanol–water partition coefficient (Wildman–Crippen LogP) is 12.8. The quantitative estimate of drug-likeness (QED) is 0.0565. The van der Waals surface area contributed by atoms with Gasteiger partial charge in [0.2, 0.25) is 10.0 Å². The number of unbranched alkanes of at least 4 members (excludes halogenated alkanes) is 8. The molecule has 0 heterocycles. The molecule has 0 aliphatic heterocycles. The predicted molar refractivity (Wildman–Crippen MR) is 253 cm³/mol. The molecule has 0 saturated carbocycles. The maximum Gasteiger partial charge on any atom is 0.262 e. The van der Waals surface area contributed by atoms with Gasteiger partial charge < -0.3 is 15.4 Å². The maximum atomic E-state index is 14.4. The number of sulfonamides is 2. The number of rotatable bonds is 25. The van der Waals surface area contributed by atoms with Crippen LogP contribution in [0, 0.1) is 0 Å². The van der Waals surface area contributed by atoms with Crippen LogP contribution in [-0.2, 0) is 20.0 Å². The van der Waals surface area contributed by atoms with Gasteiger partial charge >= 0.3 is 0 Å². The number of hydrogen-bond acceptors (Lipinski definition) is 7. The van der Waals surface area contributed by atoms with Crippen molar-refractivity contribution in [1.82, 2.24) is 4.31 Å². The van der Waals surface area contributed by atoms with Gasteiger partial charge in [-0.25, -0.2) is 21.1 Å². The standard InChI is InChI=1S/C49H70N4O6S2/c1-10-12-14-16-17-18-29-53(9)61(57,58)43-22-20-21-38(31-43)49(54)51-47-34-41(25-28-46(47)50-40-23-26-42(27-24-40)59-30-19-15-13-11-2)52-60(55,56)48-44(36(5)6)32-39(35(3)4)33-45(48)37(7)8/h20-28,31-37,50,52H,10-19,29-30H2,1-9H3,(H,51,54). The molecule has 4 aromatic carbocycles. The first-order chi connectivity index (χ1) is 29.0. The summed E-state index contributed by atoms with van der Waals surface area (Å²) in [6.45, 7) is 17.5. The Morgan fingerprint density at radius 1 is 0.656 bits per heavy atom. The zero-order valence-electron chi connectivity index (χ0n) is 37.9. The molecule has 0 saturated heterocycles. The third-order valence-electron chi connectivity index (χ3n) is 10.9. The molecule has 61 heavy (non-hydrogen) atoms. The molecule has 4 rings (SSSR count). The van der Waals surface area contributed by atoms with Gasteiger partial charge in [0.05, 0.1) is 33.5 Å². The minimum Gasteiger partial charge on any atom is -0.494 e. The maximum absolute atomic E-state index is 14.4. The molecule has 1 amide bonds. The number of benzene rings is 4. The summed E-state index contributed by atoms with van der Waals surface area (Å²) in [6, 6.07) is 22.4. The molecule has 10 nitrogen and oxygen atoms in total. The third kappa shape index (κ3) is 14.1. The van der Waals surface area contributed by atoms with Crippen LogP contribution in [-0.4, -0.2) is 47.2 Å². The summed E-state index contributed by atoms with van der Waals surface area (Å²) < 4.78 is 66.2. The second-order valence-corrected chi connectivity index (χ2v) is 20.7. The third-order valence-corrected chi connectivity index (χ3v) is 14.3. The number of anilines is 4. The molecule has 4 aromatic rings. The van der Waals surface area contributed by atoms with E-state index in [1.807, 2.05) is 64.1 Å². The lowest BCUT2D eigenvalue weighted by Gasteiger charge is -2.23. The van der Waals surface area contributed by atoms with E-state index in [2.05, 4.69) is 43.1 Å². The van der Waals surface area contributed by atoms with Crippen LogP contribution < -0.4 is 20.1 Å². The number of nitrogens with zero attached hydrogens (tertiary/aromatic N) is 1. The van der Waals surface area contributed by atoms with Crippen molar-refractivity contribution < 1.29 is 26.4 Å². The lowest BCUT2D eigenvalue weighted by atomic mass is 9.89. The van der Waals surface area contributed by atoms with Crippen LogP contribution in [0.2, 0.25) is 0 Å². The zero-order chi connectivity index (χ0) is 44.7. The highest BCUT2D eigenvalue weighted by molar-refractivity contribution is 7.92. The number of carbonyl (C=O) groups is 1. The first-order valence-electron chi connectivity index (χ1n) is 22.2. The van der Waals surface area contributed by atoms with E-state index in [1.54, 1.807) is 37.4 Å². The highest BCUT2D eigenvalue weighted by Gasteiger charge is 2.28. The minimum atomic E-state index is -4.11. The number of nitrogens with one attached hydrogen (secondary N) is 3. The van der Waals surface area contributed by atoms with Gasteiger partial charge in [0.25, 0.3) is 15.9 Å². The van der Waals surface area contributed by atoms with Crippen molar-refractivity contribution in [2.24, 2.45) is 0 Å². The molecule has 334 valence electrons. The molecule has 0 spiro atoms. The van der Waals surface area contributed by atoms with Gasteiger partial charge in [-0.1, -0.05) is 125 Å². The van der Waals surface area contributed by atoms with Gasteiger partial charge in [-0.2, -0.15) is 0 Å². The molecule has 12 heteroatoms. The SMILES string of the molecule is CCCCCCCCN(C)S(=O)(=O)c1cccc(C(=O)Nc2cc(NS(=O)(=O)c3c(C(C)C)cc(C(C)C)cc3C(C)C)ccc2Nc2ccc(OCCCCCC)cc2)c1. The number of carbonyl (C=O) groups excluding carboxylic acids is 1. The van der Waals surface area contributed by atoms with Crippen LogP contribution in [0.5, 0.6) is 5.75 Å². The van der Waals surface area contributed by atoms with Crippen molar-refractivity contribution in [3.8, 4) is 5.75 Å². The van der Waals surface area contributed by atoms with E-state index in [4.69, 9.17) is 4.74 Å². The molecule has 0 aliphatic carbocycles. The summed E-state index contributed by atoms with van der Waals surface area (Å²) in [5.41, 5.74) is 4.47. The van der Waals surface area contributed by atoms with E-state index < -0.39 is 26.0 Å². The van der Waals surface area contributed by atoms with Gasteiger partial charge in [-0.15, -0.1) is 0 Å². The Hall–Kier alpha value is -4.39. The van der Waals surface area contributed by atoms with Crippen molar-refractivity contribution >= 4 is 48.7 Å². The highest BCUT2D eigenvalue weighted by atomic mass is 32.2. The van der Waals surface area contributed by atoms with Crippen LogP contribution in [0.25, 0.3) is 0 Å². The Morgan fingerprint density at radius 3 is 1.85 bits per heavy atom. The summed E-state index contributed by atoms with van der Waals surface area (Å²) in [6.07, 6.45) is 10.7. The highest BCUT2D eigenvalue weighted by Crippen LogP contribution is 2.37. The van der Waals surface area contributed by atoms with E-state index >= 15 is 0 Å².